The third kappa shape index (κ3) is 10.5. The lowest BCUT2D eigenvalue weighted by atomic mass is 10.0. The van der Waals surface area contributed by atoms with E-state index in [1.54, 1.807) is 24.3 Å². The molecule has 9 heteroatoms. The third-order valence-corrected chi connectivity index (χ3v) is 5.27. The van der Waals surface area contributed by atoms with E-state index in [1.165, 1.54) is 0 Å². The molecule has 2 amide bonds. The van der Waals surface area contributed by atoms with E-state index < -0.39 is 0 Å². The molecule has 1 aliphatic rings. The van der Waals surface area contributed by atoms with Crippen LogP contribution < -0.4 is 16.4 Å². The van der Waals surface area contributed by atoms with E-state index in [0.717, 1.165) is 45.3 Å². The average Bonchev–Trinajstić information content (AvgIpc) is 2.83. The summed E-state index contributed by atoms with van der Waals surface area (Å²) in [5, 5.41) is 6.14. The molecule has 1 aromatic rings. The van der Waals surface area contributed by atoms with Crippen molar-refractivity contribution in [1.82, 2.24) is 10.2 Å². The number of amides is 2. The van der Waals surface area contributed by atoms with Crippen molar-refractivity contribution < 1.29 is 23.8 Å². The summed E-state index contributed by atoms with van der Waals surface area (Å²) in [5.74, 6) is 0.0406. The van der Waals surface area contributed by atoms with Gasteiger partial charge in [0, 0.05) is 43.6 Å². The van der Waals surface area contributed by atoms with Crippen LogP contribution in [0, 0.1) is 0 Å². The third-order valence-electron chi connectivity index (χ3n) is 5.27. The molecule has 2 rings (SSSR count). The standard InChI is InChI=1S/C23H38N4O5/c24-9-1-13-30-15-17-32-18-16-31-14-2-10-25-22-7-11-27(12-8-22)23(29)20-3-5-21(6-4-20)26-19-28/h3-6,19,22,25H,1-2,7-18,24H2,(H,26,28). The minimum atomic E-state index is 0.0406. The first-order chi connectivity index (χ1) is 15.7. The van der Waals surface area contributed by atoms with E-state index in [0.29, 0.717) is 69.9 Å². The summed E-state index contributed by atoms with van der Waals surface area (Å²) in [6, 6.07) is 7.41. The highest BCUT2D eigenvalue weighted by molar-refractivity contribution is 5.94. The number of piperidine rings is 1. The number of nitrogens with one attached hydrogen (secondary N) is 2. The number of hydrogen-bond acceptors (Lipinski definition) is 7. The minimum Gasteiger partial charge on any atom is -0.379 e. The Morgan fingerprint density at radius 3 is 2.16 bits per heavy atom. The molecule has 0 unspecified atom stereocenters. The van der Waals surface area contributed by atoms with Gasteiger partial charge in [0.2, 0.25) is 6.41 Å². The summed E-state index contributed by atoms with van der Waals surface area (Å²) in [5.41, 5.74) is 6.72. The SMILES string of the molecule is NCCCOCCOCCOCCCNC1CCN(C(=O)c2ccc(NC=O)cc2)CC1. The summed E-state index contributed by atoms with van der Waals surface area (Å²) in [7, 11) is 0. The zero-order valence-electron chi connectivity index (χ0n) is 18.9. The van der Waals surface area contributed by atoms with Gasteiger partial charge in [0.1, 0.15) is 0 Å². The normalized spacial score (nSPS) is 14.5. The molecule has 0 atom stereocenters. The molecule has 9 nitrogen and oxygen atoms in total. The van der Waals surface area contributed by atoms with Crippen molar-refractivity contribution in [2.24, 2.45) is 5.73 Å². The van der Waals surface area contributed by atoms with Crippen molar-refractivity contribution in [2.45, 2.75) is 31.7 Å². The van der Waals surface area contributed by atoms with E-state index in [4.69, 9.17) is 19.9 Å². The van der Waals surface area contributed by atoms with E-state index in [2.05, 4.69) is 10.6 Å². The quantitative estimate of drug-likeness (QED) is 0.242. The molecule has 0 bridgehead atoms. The van der Waals surface area contributed by atoms with Gasteiger partial charge >= 0.3 is 0 Å². The van der Waals surface area contributed by atoms with Crippen molar-refractivity contribution in [1.29, 1.82) is 0 Å². The largest absolute Gasteiger partial charge is 0.379 e. The van der Waals surface area contributed by atoms with Crippen LogP contribution in [0.2, 0.25) is 0 Å². The van der Waals surface area contributed by atoms with Crippen LogP contribution in [-0.4, -0.2) is 89.1 Å². The molecule has 0 saturated carbocycles. The first-order valence-electron chi connectivity index (χ1n) is 11.5. The van der Waals surface area contributed by atoms with Gasteiger partial charge in [0.25, 0.3) is 5.91 Å². The second-order valence-electron chi connectivity index (χ2n) is 7.69. The van der Waals surface area contributed by atoms with Gasteiger partial charge in [0.05, 0.1) is 26.4 Å². The average molecular weight is 451 g/mol. The predicted octanol–water partition coefficient (Wildman–Crippen LogP) is 1.24. The van der Waals surface area contributed by atoms with Crippen LogP contribution in [0.4, 0.5) is 5.69 Å². The maximum atomic E-state index is 12.6. The van der Waals surface area contributed by atoms with Gasteiger partial charge in [-0.3, -0.25) is 9.59 Å². The molecule has 32 heavy (non-hydrogen) atoms. The fraction of sp³-hybridized carbons (Fsp3) is 0.652. The summed E-state index contributed by atoms with van der Waals surface area (Å²) in [6.45, 7) is 6.79. The number of ether oxygens (including phenoxy) is 3. The lowest BCUT2D eigenvalue weighted by Gasteiger charge is -2.32. The van der Waals surface area contributed by atoms with Crippen molar-refractivity contribution in [2.75, 3.05) is 71.1 Å². The van der Waals surface area contributed by atoms with Gasteiger partial charge in [-0.25, -0.2) is 0 Å². The summed E-state index contributed by atoms with van der Waals surface area (Å²) >= 11 is 0. The van der Waals surface area contributed by atoms with Crippen LogP contribution in [-0.2, 0) is 19.0 Å². The van der Waals surface area contributed by atoms with Crippen molar-refractivity contribution in [3.8, 4) is 0 Å². The molecule has 0 radical (unpaired) electrons. The topological polar surface area (TPSA) is 115 Å². The van der Waals surface area contributed by atoms with Crippen LogP contribution >= 0.6 is 0 Å². The molecule has 1 aliphatic heterocycles. The molecule has 0 aliphatic carbocycles. The van der Waals surface area contributed by atoms with Gasteiger partial charge in [0.15, 0.2) is 0 Å². The Morgan fingerprint density at radius 2 is 1.56 bits per heavy atom. The molecular formula is C23H38N4O5. The first-order valence-corrected chi connectivity index (χ1v) is 11.5. The smallest absolute Gasteiger partial charge is 0.253 e. The number of anilines is 1. The first kappa shape index (κ1) is 26.2. The zero-order valence-corrected chi connectivity index (χ0v) is 18.9. The lowest BCUT2D eigenvalue weighted by molar-refractivity contribution is -0.105. The van der Waals surface area contributed by atoms with Crippen molar-refractivity contribution in [3.63, 3.8) is 0 Å². The van der Waals surface area contributed by atoms with Crippen molar-refractivity contribution in [3.05, 3.63) is 29.8 Å². The van der Waals surface area contributed by atoms with Crippen molar-refractivity contribution >= 4 is 18.0 Å². The zero-order chi connectivity index (χ0) is 22.9. The number of carbonyl (C=O) groups excluding carboxylic acids is 2. The number of nitrogens with zero attached hydrogens (tertiary/aromatic N) is 1. The summed E-state index contributed by atoms with van der Waals surface area (Å²) < 4.78 is 16.4. The Hall–Kier alpha value is -2.04. The molecule has 180 valence electrons. The van der Waals surface area contributed by atoms with Gasteiger partial charge in [-0.15, -0.1) is 0 Å². The Labute approximate surface area is 190 Å². The van der Waals surface area contributed by atoms with Gasteiger partial charge in [-0.2, -0.15) is 0 Å². The Balaban J connectivity index is 1.45. The fourth-order valence-electron chi connectivity index (χ4n) is 3.45. The number of carbonyl (C=O) groups is 2. The maximum Gasteiger partial charge on any atom is 0.253 e. The summed E-state index contributed by atoms with van der Waals surface area (Å²) in [6.07, 6.45) is 4.34. The molecule has 0 spiro atoms. The number of likely N-dealkylation sites (tertiary alicyclic amines) is 1. The van der Waals surface area contributed by atoms with Crippen LogP contribution in [0.3, 0.4) is 0 Å². The second-order valence-corrected chi connectivity index (χ2v) is 7.69. The highest BCUT2D eigenvalue weighted by atomic mass is 16.5. The van der Waals surface area contributed by atoms with Gasteiger partial charge in [-0.05, 0) is 63.0 Å². The number of hydrogen-bond donors (Lipinski definition) is 3. The Morgan fingerprint density at radius 1 is 0.969 bits per heavy atom. The van der Waals surface area contributed by atoms with Crippen LogP contribution in [0.5, 0.6) is 0 Å². The molecule has 1 aromatic carbocycles. The maximum absolute atomic E-state index is 12.6. The highest BCUT2D eigenvalue weighted by Crippen LogP contribution is 2.16. The molecule has 1 heterocycles. The van der Waals surface area contributed by atoms with Crippen LogP contribution in [0.25, 0.3) is 0 Å². The molecule has 0 aromatic heterocycles. The van der Waals surface area contributed by atoms with E-state index in [-0.39, 0.29) is 5.91 Å². The summed E-state index contributed by atoms with van der Waals surface area (Å²) in [4.78, 5) is 25.0. The predicted molar refractivity (Wildman–Crippen MR) is 124 cm³/mol. The molecule has 4 N–H and O–H groups in total. The van der Waals surface area contributed by atoms with E-state index in [1.807, 2.05) is 4.90 Å². The molecular weight excluding hydrogens is 412 g/mol. The highest BCUT2D eigenvalue weighted by Gasteiger charge is 2.23. The number of rotatable bonds is 17. The van der Waals surface area contributed by atoms with E-state index >= 15 is 0 Å². The van der Waals surface area contributed by atoms with Gasteiger partial charge < -0.3 is 35.5 Å². The van der Waals surface area contributed by atoms with Crippen LogP contribution in [0.1, 0.15) is 36.0 Å². The van der Waals surface area contributed by atoms with Gasteiger partial charge in [-0.1, -0.05) is 0 Å². The molecule has 1 saturated heterocycles. The van der Waals surface area contributed by atoms with Crippen LogP contribution in [0.15, 0.2) is 24.3 Å². The Kier molecular flexibility index (Phi) is 13.6. The second kappa shape index (κ2) is 16.6. The minimum absolute atomic E-state index is 0.0406. The number of benzene rings is 1. The fourth-order valence-corrected chi connectivity index (χ4v) is 3.45. The lowest BCUT2D eigenvalue weighted by Crippen LogP contribution is -2.45. The monoisotopic (exact) mass is 450 g/mol. The van der Waals surface area contributed by atoms with E-state index in [9.17, 15) is 9.59 Å². The Bertz CT molecular complexity index is 636. The number of nitrogens with two attached hydrogens (primary N) is 1. The molecule has 1 fully saturated rings.